The first kappa shape index (κ1) is 18.3. The van der Waals surface area contributed by atoms with Gasteiger partial charge in [0.15, 0.2) is 11.6 Å². The molecule has 28 heavy (non-hydrogen) atoms. The molecule has 0 unspecified atom stereocenters. The molecule has 3 N–H and O–H groups in total. The van der Waals surface area contributed by atoms with E-state index in [1.807, 2.05) is 19.9 Å². The van der Waals surface area contributed by atoms with Gasteiger partial charge in [-0.05, 0) is 44.0 Å². The first-order chi connectivity index (χ1) is 13.3. The van der Waals surface area contributed by atoms with Crippen LogP contribution < -0.4 is 20.7 Å². The van der Waals surface area contributed by atoms with Crippen molar-refractivity contribution in [3.05, 3.63) is 53.3 Å². The highest BCUT2D eigenvalue weighted by atomic mass is 19.1. The zero-order chi connectivity index (χ0) is 19.9. The zero-order valence-electron chi connectivity index (χ0n) is 15.8. The first-order valence-corrected chi connectivity index (χ1v) is 9.28. The Hall–Kier alpha value is -3.09. The van der Waals surface area contributed by atoms with E-state index in [9.17, 15) is 14.0 Å². The minimum Gasteiger partial charge on any atom is -0.484 e. The van der Waals surface area contributed by atoms with E-state index in [1.54, 1.807) is 24.3 Å². The normalized spacial score (nSPS) is 19.5. The van der Waals surface area contributed by atoms with E-state index in [4.69, 9.17) is 4.74 Å². The molecule has 0 radical (unpaired) electrons. The summed E-state index contributed by atoms with van der Waals surface area (Å²) in [6, 6.07) is 9.37. The summed E-state index contributed by atoms with van der Waals surface area (Å²) in [5.41, 5.74) is 2.34. The summed E-state index contributed by atoms with van der Waals surface area (Å²) in [7, 11) is 0. The number of anilines is 2. The van der Waals surface area contributed by atoms with Crippen LogP contribution in [0.5, 0.6) is 5.75 Å². The number of aryl methyl sites for hydroxylation is 1. The summed E-state index contributed by atoms with van der Waals surface area (Å²) < 4.78 is 19.9. The van der Waals surface area contributed by atoms with Crippen molar-refractivity contribution in [2.45, 2.75) is 44.8 Å². The van der Waals surface area contributed by atoms with Crippen LogP contribution in [0.15, 0.2) is 36.4 Å². The molecule has 0 saturated carbocycles. The minimum absolute atomic E-state index is 0.0304. The molecular formula is C21H22FN3O3. The van der Waals surface area contributed by atoms with Crippen LogP contribution in [0.25, 0.3) is 0 Å². The molecule has 7 heteroatoms. The van der Waals surface area contributed by atoms with Gasteiger partial charge in [0.2, 0.25) is 5.91 Å². The van der Waals surface area contributed by atoms with E-state index in [0.29, 0.717) is 36.2 Å². The highest BCUT2D eigenvalue weighted by molar-refractivity contribution is 5.96. The molecule has 0 spiro atoms. The minimum atomic E-state index is -0.608. The Morgan fingerprint density at radius 3 is 2.89 bits per heavy atom. The predicted octanol–water partition coefficient (Wildman–Crippen LogP) is 4.13. The maximum absolute atomic E-state index is 14.2. The number of urea groups is 1. The molecule has 2 aromatic carbocycles. The molecule has 0 bridgehead atoms. The van der Waals surface area contributed by atoms with E-state index >= 15 is 0 Å². The molecule has 2 aliphatic heterocycles. The average Bonchev–Trinajstić information content (AvgIpc) is 2.61. The Morgan fingerprint density at radius 2 is 2.07 bits per heavy atom. The van der Waals surface area contributed by atoms with E-state index in [1.165, 1.54) is 6.07 Å². The summed E-state index contributed by atoms with van der Waals surface area (Å²) >= 11 is 0. The molecule has 0 saturated heterocycles. The number of nitrogens with one attached hydrogen (secondary N) is 3. The van der Waals surface area contributed by atoms with Gasteiger partial charge < -0.3 is 20.7 Å². The Kier molecular flexibility index (Phi) is 4.45. The maximum atomic E-state index is 14.2. The van der Waals surface area contributed by atoms with Gasteiger partial charge in [-0.25, -0.2) is 9.18 Å². The second-order valence-corrected chi connectivity index (χ2v) is 7.80. The Balaban J connectivity index is 1.51. The summed E-state index contributed by atoms with van der Waals surface area (Å²) in [5, 5.41) is 8.52. The lowest BCUT2D eigenvalue weighted by Gasteiger charge is -2.37. The molecule has 2 aliphatic rings. The third kappa shape index (κ3) is 3.65. The number of hydrogen-bond donors (Lipinski definition) is 3. The van der Waals surface area contributed by atoms with Gasteiger partial charge in [-0.1, -0.05) is 18.2 Å². The van der Waals surface area contributed by atoms with Gasteiger partial charge >= 0.3 is 6.03 Å². The van der Waals surface area contributed by atoms with Gasteiger partial charge in [0.05, 0.1) is 6.04 Å². The van der Waals surface area contributed by atoms with Crippen LogP contribution >= 0.6 is 0 Å². The third-order valence-corrected chi connectivity index (χ3v) is 5.02. The Morgan fingerprint density at radius 1 is 1.25 bits per heavy atom. The number of carbonyl (C=O) groups is 2. The molecule has 3 amide bonds. The molecule has 1 atom stereocenters. The maximum Gasteiger partial charge on any atom is 0.319 e. The van der Waals surface area contributed by atoms with Gasteiger partial charge in [0.25, 0.3) is 0 Å². The van der Waals surface area contributed by atoms with E-state index in [-0.39, 0.29) is 17.7 Å². The average molecular weight is 383 g/mol. The summed E-state index contributed by atoms with van der Waals surface area (Å²) in [4.78, 5) is 24.1. The smallest absolute Gasteiger partial charge is 0.319 e. The number of fused-ring (bicyclic) bond motifs is 2. The van der Waals surface area contributed by atoms with Gasteiger partial charge in [0.1, 0.15) is 5.60 Å². The first-order valence-electron chi connectivity index (χ1n) is 9.28. The van der Waals surface area contributed by atoms with Crippen LogP contribution in [0.3, 0.4) is 0 Å². The van der Waals surface area contributed by atoms with Crippen molar-refractivity contribution in [2.24, 2.45) is 0 Å². The number of rotatable bonds is 2. The fraction of sp³-hybridized carbons (Fsp3) is 0.333. The highest BCUT2D eigenvalue weighted by Gasteiger charge is 2.36. The number of hydrogen-bond acceptors (Lipinski definition) is 3. The third-order valence-electron chi connectivity index (χ3n) is 5.02. The lowest BCUT2D eigenvalue weighted by Crippen LogP contribution is -2.42. The number of benzene rings is 2. The fourth-order valence-electron chi connectivity index (χ4n) is 3.73. The second-order valence-electron chi connectivity index (χ2n) is 7.80. The Bertz CT molecular complexity index is 958. The molecule has 2 heterocycles. The lowest BCUT2D eigenvalue weighted by molar-refractivity contribution is -0.116. The molecule has 6 nitrogen and oxygen atoms in total. The van der Waals surface area contributed by atoms with Gasteiger partial charge in [-0.15, -0.1) is 0 Å². The van der Waals surface area contributed by atoms with Crippen LogP contribution in [-0.2, 0) is 11.2 Å². The van der Waals surface area contributed by atoms with Crippen molar-refractivity contribution in [3.63, 3.8) is 0 Å². The van der Waals surface area contributed by atoms with Crippen molar-refractivity contribution in [2.75, 3.05) is 10.6 Å². The quantitative estimate of drug-likeness (QED) is 0.729. The zero-order valence-corrected chi connectivity index (χ0v) is 15.8. The largest absolute Gasteiger partial charge is 0.484 e. The SMILES string of the molecule is CC1(C)C[C@@H](NC(=O)Nc2ccc3c(c2)NC(=O)CC3)c2cccc(F)c2O1. The summed E-state index contributed by atoms with van der Waals surface area (Å²) in [5.74, 6) is -0.291. The fourth-order valence-corrected chi connectivity index (χ4v) is 3.73. The summed E-state index contributed by atoms with van der Waals surface area (Å²) in [6.45, 7) is 3.72. The van der Waals surface area contributed by atoms with E-state index in [2.05, 4.69) is 16.0 Å². The van der Waals surface area contributed by atoms with Crippen molar-refractivity contribution in [3.8, 4) is 5.75 Å². The van der Waals surface area contributed by atoms with Crippen LogP contribution in [0.4, 0.5) is 20.6 Å². The van der Waals surface area contributed by atoms with Crippen LogP contribution in [0, 0.1) is 5.82 Å². The van der Waals surface area contributed by atoms with E-state index < -0.39 is 17.4 Å². The van der Waals surface area contributed by atoms with Crippen molar-refractivity contribution >= 4 is 23.3 Å². The van der Waals surface area contributed by atoms with Crippen LogP contribution in [0.2, 0.25) is 0 Å². The molecule has 0 aliphatic carbocycles. The number of halogens is 1. The lowest BCUT2D eigenvalue weighted by atomic mass is 9.89. The molecule has 146 valence electrons. The van der Waals surface area contributed by atoms with Crippen molar-refractivity contribution < 1.29 is 18.7 Å². The number of para-hydroxylation sites is 1. The van der Waals surface area contributed by atoms with Crippen LogP contribution in [-0.4, -0.2) is 17.5 Å². The number of ether oxygens (including phenoxy) is 1. The van der Waals surface area contributed by atoms with Gasteiger partial charge in [-0.3, -0.25) is 4.79 Å². The molecule has 0 fully saturated rings. The number of amides is 3. The van der Waals surface area contributed by atoms with Crippen LogP contribution in [0.1, 0.15) is 43.9 Å². The van der Waals surface area contributed by atoms with Crippen molar-refractivity contribution in [1.82, 2.24) is 5.32 Å². The second kappa shape index (κ2) is 6.82. The standard InChI is InChI=1S/C21H22FN3O3/c1-21(2)11-17(14-4-3-5-15(22)19(14)28-21)25-20(27)23-13-8-6-12-7-9-18(26)24-16(12)10-13/h3-6,8,10,17H,7,9,11H2,1-2H3,(H,24,26)(H2,23,25,27)/t17-/m1/s1. The van der Waals surface area contributed by atoms with E-state index in [0.717, 1.165) is 5.56 Å². The number of carbonyl (C=O) groups excluding carboxylic acids is 2. The van der Waals surface area contributed by atoms with Gasteiger partial charge in [0, 0.05) is 29.8 Å². The Labute approximate surface area is 162 Å². The monoisotopic (exact) mass is 383 g/mol. The molecule has 2 aromatic rings. The topological polar surface area (TPSA) is 79.5 Å². The predicted molar refractivity (Wildman–Crippen MR) is 104 cm³/mol. The van der Waals surface area contributed by atoms with Gasteiger partial charge in [-0.2, -0.15) is 0 Å². The highest BCUT2D eigenvalue weighted by Crippen LogP contribution is 2.40. The molecule has 4 rings (SSSR count). The molecular weight excluding hydrogens is 361 g/mol. The van der Waals surface area contributed by atoms with Crippen molar-refractivity contribution in [1.29, 1.82) is 0 Å². The summed E-state index contributed by atoms with van der Waals surface area (Å²) in [6.07, 6.45) is 1.67. The molecule has 0 aromatic heterocycles.